The first-order valence-electron chi connectivity index (χ1n) is 15.3. The number of hydrogen-bond acceptors (Lipinski definition) is 9. The number of aliphatic imine (C=N–C) groups is 1. The van der Waals surface area contributed by atoms with E-state index in [1.54, 1.807) is 36.2 Å². The highest BCUT2D eigenvalue weighted by atomic mass is 35.5. The van der Waals surface area contributed by atoms with Gasteiger partial charge in [0.1, 0.15) is 23.5 Å². The Morgan fingerprint density at radius 2 is 2.04 bits per heavy atom. The second-order valence-electron chi connectivity index (χ2n) is 11.2. The summed E-state index contributed by atoms with van der Waals surface area (Å²) in [5, 5.41) is 8.29. The maximum atomic E-state index is 14.0. The minimum absolute atomic E-state index is 0.0401. The molecule has 4 atom stereocenters. The van der Waals surface area contributed by atoms with Gasteiger partial charge >= 0.3 is 0 Å². The first kappa shape index (κ1) is 33.5. The van der Waals surface area contributed by atoms with Gasteiger partial charge in [0, 0.05) is 55.2 Å². The van der Waals surface area contributed by atoms with E-state index in [1.807, 2.05) is 12.1 Å². The van der Waals surface area contributed by atoms with E-state index in [-0.39, 0.29) is 35.4 Å². The van der Waals surface area contributed by atoms with E-state index in [1.165, 1.54) is 0 Å². The van der Waals surface area contributed by atoms with Crippen molar-refractivity contribution in [3.8, 4) is 0 Å². The van der Waals surface area contributed by atoms with E-state index in [4.69, 9.17) is 30.6 Å². The maximum Gasteiger partial charge on any atom is 0.297 e. The fourth-order valence-electron chi connectivity index (χ4n) is 6.21. The minimum Gasteiger partial charge on any atom is -0.460 e. The third-order valence-corrected chi connectivity index (χ3v) is 8.80. The van der Waals surface area contributed by atoms with Gasteiger partial charge in [-0.05, 0) is 48.7 Å². The summed E-state index contributed by atoms with van der Waals surface area (Å²) in [5.74, 6) is -0.305. The predicted molar refractivity (Wildman–Crippen MR) is 174 cm³/mol. The fourth-order valence-corrected chi connectivity index (χ4v) is 6.46. The number of para-hydroxylation sites is 1. The van der Waals surface area contributed by atoms with Crippen molar-refractivity contribution in [2.75, 3.05) is 43.7 Å². The molecule has 46 heavy (non-hydrogen) atoms. The molecule has 2 saturated heterocycles. The van der Waals surface area contributed by atoms with Crippen LogP contribution in [0.5, 0.6) is 0 Å². The first-order valence-corrected chi connectivity index (χ1v) is 15.6. The van der Waals surface area contributed by atoms with Crippen LogP contribution in [0.4, 0.5) is 20.3 Å². The highest BCUT2D eigenvalue weighted by Gasteiger charge is 2.40. The summed E-state index contributed by atoms with van der Waals surface area (Å²) < 4.78 is 46.3. The zero-order chi connectivity index (χ0) is 33.0. The van der Waals surface area contributed by atoms with Crippen LogP contribution in [0.25, 0.3) is 22.1 Å². The number of aliphatic hydroxyl groups is 1. The number of ether oxygens (including phenoxy) is 2. The lowest BCUT2D eigenvalue weighted by molar-refractivity contribution is -0.108. The number of aromatic nitrogens is 2. The van der Waals surface area contributed by atoms with Crippen LogP contribution in [0.2, 0.25) is 5.02 Å². The lowest BCUT2D eigenvalue weighted by Gasteiger charge is -2.40. The molecule has 0 saturated carbocycles. The predicted octanol–water partition coefficient (Wildman–Crippen LogP) is 6.22. The zero-order valence-corrected chi connectivity index (χ0v) is 27.0. The number of hydrogen-bond donors (Lipinski definition) is 1. The van der Waals surface area contributed by atoms with Gasteiger partial charge in [-0.15, -0.1) is 0 Å². The molecule has 4 aromatic rings. The summed E-state index contributed by atoms with van der Waals surface area (Å²) in [5.41, 5.74) is 2.92. The molecule has 2 aromatic carbocycles. The van der Waals surface area contributed by atoms with E-state index >= 15 is 0 Å². The molecule has 2 aromatic heterocycles. The lowest BCUT2D eigenvalue weighted by Crippen LogP contribution is -2.50. The second-order valence-corrected chi connectivity index (χ2v) is 11.6. The van der Waals surface area contributed by atoms with Crippen LogP contribution in [0.3, 0.4) is 0 Å². The maximum absolute atomic E-state index is 14.0. The largest absolute Gasteiger partial charge is 0.460 e. The number of benzene rings is 2. The Labute approximate surface area is 271 Å². The summed E-state index contributed by atoms with van der Waals surface area (Å²) in [7, 11) is 2.67. The average Bonchev–Trinajstić information content (AvgIpc) is 3.67. The third kappa shape index (κ3) is 6.51. The van der Waals surface area contributed by atoms with Crippen molar-refractivity contribution >= 4 is 57.5 Å². The van der Waals surface area contributed by atoms with Crippen LogP contribution in [-0.2, 0) is 20.7 Å². The van der Waals surface area contributed by atoms with Crippen molar-refractivity contribution in [1.82, 2.24) is 9.97 Å². The molecule has 13 heteroatoms. The second kappa shape index (κ2) is 14.7. The molecule has 0 spiro atoms. The van der Waals surface area contributed by atoms with Crippen molar-refractivity contribution in [3.05, 3.63) is 58.9 Å². The molecule has 1 N–H and O–H groups in total. The Morgan fingerprint density at radius 1 is 1.26 bits per heavy atom. The van der Waals surface area contributed by atoms with E-state index in [2.05, 4.69) is 39.8 Å². The highest BCUT2D eigenvalue weighted by molar-refractivity contribution is 6.31. The lowest BCUT2D eigenvalue weighted by atomic mass is 9.95. The number of rotatable bonds is 7. The van der Waals surface area contributed by atoms with Crippen LogP contribution in [0.15, 0.2) is 51.9 Å². The highest BCUT2D eigenvalue weighted by Crippen LogP contribution is 2.38. The van der Waals surface area contributed by atoms with Gasteiger partial charge < -0.3 is 28.7 Å². The van der Waals surface area contributed by atoms with Crippen LogP contribution >= 0.6 is 11.6 Å². The minimum atomic E-state index is -2.91. The summed E-state index contributed by atoms with van der Waals surface area (Å²) in [6.07, 6.45) is -0.784. The van der Waals surface area contributed by atoms with Crippen molar-refractivity contribution in [2.45, 2.75) is 57.7 Å². The van der Waals surface area contributed by atoms with Gasteiger partial charge in [0.2, 0.25) is 0 Å². The third-order valence-electron chi connectivity index (χ3n) is 8.43. The van der Waals surface area contributed by atoms with E-state index in [9.17, 15) is 13.6 Å². The number of aryl methyl sites for hydroxylation is 1. The number of fused-ring (bicyclic) bond motifs is 3. The normalized spacial score (nSPS) is 21.8. The fraction of sp³-hybridized carbons (Fsp3) is 0.455. The van der Waals surface area contributed by atoms with E-state index < -0.39 is 24.4 Å². The molecule has 4 heterocycles. The number of halogens is 3. The quantitative estimate of drug-likeness (QED) is 0.141. The van der Waals surface area contributed by atoms with Gasteiger partial charge in [-0.3, -0.25) is 4.90 Å². The molecule has 2 fully saturated rings. The zero-order valence-electron chi connectivity index (χ0n) is 26.2. The summed E-state index contributed by atoms with van der Waals surface area (Å²) in [4.78, 5) is 29.0. The standard InChI is InChI=1S/C32H34ClF2N5O4.CH4O/c1-4-19-13-20(9-10-24(19)33)40(25-11-12-42-17-18(25)2)32(36-3)43-22-14-21(16-41)39(15-22)31-28-27(37-30(38-31)29(34)35)23-7-5-6-8-26(23)44-28;1-2/h5-10,13,16,18,21-22,25,29H,4,11-12,14-15,17H2,1-3H3;2H,1H3/t18-,21-,22-,25?;/m0./s1. The average molecular weight is 658 g/mol. The SMILES string of the molecule is CCc1cc(N(C(=NC)O[C@H]2C[C@@H](C=O)N(c3nc(C(F)F)nc4c3oc3ccccc34)C2)C2CCOC[C@@H]2C)ccc1Cl.CO. The molecular weight excluding hydrogens is 620 g/mol. The van der Waals surface area contributed by atoms with Gasteiger partial charge in [0.15, 0.2) is 17.2 Å². The molecule has 246 valence electrons. The van der Waals surface area contributed by atoms with Crippen molar-refractivity contribution in [2.24, 2.45) is 10.9 Å². The molecule has 1 unspecified atom stereocenters. The monoisotopic (exact) mass is 657 g/mol. The van der Waals surface area contributed by atoms with Crippen LogP contribution in [-0.4, -0.2) is 79.5 Å². The number of amidine groups is 1. The summed E-state index contributed by atoms with van der Waals surface area (Å²) in [6, 6.07) is 12.7. The molecule has 2 aliphatic heterocycles. The number of furan rings is 1. The molecule has 6 rings (SSSR count). The van der Waals surface area contributed by atoms with E-state index in [0.717, 1.165) is 37.5 Å². The number of anilines is 2. The molecule has 0 bridgehead atoms. The Kier molecular flexibility index (Phi) is 10.7. The van der Waals surface area contributed by atoms with Crippen LogP contribution in [0, 0.1) is 5.92 Å². The smallest absolute Gasteiger partial charge is 0.297 e. The van der Waals surface area contributed by atoms with Gasteiger partial charge in [-0.1, -0.05) is 37.6 Å². The molecule has 0 amide bonds. The van der Waals surface area contributed by atoms with E-state index in [0.29, 0.717) is 41.6 Å². The van der Waals surface area contributed by atoms with Crippen molar-refractivity contribution in [1.29, 1.82) is 0 Å². The van der Waals surface area contributed by atoms with Crippen LogP contribution in [0.1, 0.15) is 44.5 Å². The molecule has 0 aliphatic carbocycles. The van der Waals surface area contributed by atoms with Crippen molar-refractivity contribution < 1.29 is 32.6 Å². The summed E-state index contributed by atoms with van der Waals surface area (Å²) in [6.45, 7) is 5.59. The number of aldehydes is 1. The number of carbonyl (C=O) groups is 1. The van der Waals surface area contributed by atoms with Gasteiger partial charge in [-0.25, -0.2) is 23.7 Å². The Bertz CT molecular complexity index is 1700. The van der Waals surface area contributed by atoms with Crippen LogP contribution < -0.4 is 9.80 Å². The first-order chi connectivity index (χ1) is 22.3. The van der Waals surface area contributed by atoms with Crippen molar-refractivity contribution in [3.63, 3.8) is 0 Å². The molecule has 0 radical (unpaired) electrons. The molecular formula is C33H38ClF2N5O5. The Balaban J connectivity index is 0.00000204. The van der Waals surface area contributed by atoms with Gasteiger partial charge in [0.25, 0.3) is 12.4 Å². The van der Waals surface area contributed by atoms with Gasteiger partial charge in [0.05, 0.1) is 19.2 Å². The van der Waals surface area contributed by atoms with Gasteiger partial charge in [-0.2, -0.15) is 0 Å². The number of nitrogens with zero attached hydrogens (tertiary/aromatic N) is 5. The number of carbonyl (C=O) groups excluding carboxylic acids is 1. The Hall–Kier alpha value is -3.87. The molecule has 2 aliphatic rings. The molecule has 10 nitrogen and oxygen atoms in total. The number of aliphatic hydroxyl groups excluding tert-OH is 1. The summed E-state index contributed by atoms with van der Waals surface area (Å²) >= 11 is 6.47. The number of alkyl halides is 2. The Morgan fingerprint density at radius 3 is 2.74 bits per heavy atom. The topological polar surface area (TPSA) is 114 Å².